The van der Waals surface area contributed by atoms with E-state index in [4.69, 9.17) is 0 Å². The Labute approximate surface area is 193 Å². The Morgan fingerprint density at radius 3 is 1.41 bits per heavy atom. The maximum Gasteiger partial charge on any atom is 0.0859 e. The van der Waals surface area contributed by atoms with E-state index in [1.54, 1.807) is 0 Å². The molecule has 0 saturated heterocycles. The smallest absolute Gasteiger partial charge is 0.0859 e. The van der Waals surface area contributed by atoms with Crippen molar-refractivity contribution in [1.29, 1.82) is 0 Å². The Balaban J connectivity index is 1.79. The molecule has 0 spiro atoms. The second-order valence-electron chi connectivity index (χ2n) is 9.95. The molecule has 0 unspecified atom stereocenters. The fourth-order valence-corrected chi connectivity index (χ4v) is 9.22. The molecule has 2 aliphatic rings. The van der Waals surface area contributed by atoms with Crippen LogP contribution >= 0.6 is 47.0 Å². The summed E-state index contributed by atoms with van der Waals surface area (Å²) in [6, 6.07) is 9.55. The predicted octanol–water partition coefficient (Wildman–Crippen LogP) is 8.58. The van der Waals surface area contributed by atoms with E-state index in [9.17, 15) is 0 Å². The standard InChI is InChI=1S/C24H31NS4/c1-13-9-15-19(17(11-13)28-23(3,4)5)26-22-16-10-14(2)12-18(29-24(6,7)8)20(16)27-21(15)25-22/h9-12,21-22,25H,1-8H3/t21-,22-/m1/s1. The van der Waals surface area contributed by atoms with Gasteiger partial charge in [0, 0.05) is 29.1 Å². The van der Waals surface area contributed by atoms with Gasteiger partial charge in [-0.05, 0) is 48.2 Å². The second-order valence-corrected chi connectivity index (χ2v) is 15.9. The molecular formula is C24H31NS4. The Hall–Kier alpha value is -0.200. The van der Waals surface area contributed by atoms with E-state index in [1.165, 1.54) is 41.8 Å². The van der Waals surface area contributed by atoms with Crippen molar-refractivity contribution in [3.63, 3.8) is 0 Å². The molecule has 2 aromatic carbocycles. The van der Waals surface area contributed by atoms with E-state index in [0.717, 1.165) is 0 Å². The molecular weight excluding hydrogens is 431 g/mol. The average molecular weight is 462 g/mol. The molecule has 4 rings (SSSR count). The first kappa shape index (κ1) is 22.0. The van der Waals surface area contributed by atoms with Crippen LogP contribution < -0.4 is 5.32 Å². The van der Waals surface area contributed by atoms with Crippen LogP contribution in [0.1, 0.15) is 74.5 Å². The zero-order valence-electron chi connectivity index (χ0n) is 18.6. The molecule has 2 aromatic rings. The summed E-state index contributed by atoms with van der Waals surface area (Å²) in [6.45, 7) is 18.3. The number of nitrogens with one attached hydrogen (secondary N) is 1. The lowest BCUT2D eigenvalue weighted by Gasteiger charge is -2.40. The van der Waals surface area contributed by atoms with Crippen LogP contribution in [0.5, 0.6) is 0 Å². The fourth-order valence-electron chi connectivity index (χ4n) is 3.74. The van der Waals surface area contributed by atoms with Gasteiger partial charge in [-0.15, -0.1) is 47.0 Å². The molecule has 29 heavy (non-hydrogen) atoms. The van der Waals surface area contributed by atoms with Gasteiger partial charge in [0.05, 0.1) is 10.7 Å². The molecule has 2 aliphatic heterocycles. The van der Waals surface area contributed by atoms with Crippen molar-refractivity contribution in [2.24, 2.45) is 0 Å². The quantitative estimate of drug-likeness (QED) is 0.448. The molecule has 5 heteroatoms. The number of hydrogen-bond donors (Lipinski definition) is 1. The molecule has 0 amide bonds. The van der Waals surface area contributed by atoms with E-state index in [-0.39, 0.29) is 9.49 Å². The van der Waals surface area contributed by atoms with Crippen molar-refractivity contribution in [1.82, 2.24) is 5.32 Å². The molecule has 156 valence electrons. The summed E-state index contributed by atoms with van der Waals surface area (Å²) < 4.78 is 0.417. The summed E-state index contributed by atoms with van der Waals surface area (Å²) in [5.74, 6) is 0. The summed E-state index contributed by atoms with van der Waals surface area (Å²) in [6.07, 6.45) is 0. The normalized spacial score (nSPS) is 21.0. The number of aryl methyl sites for hydroxylation is 2. The van der Waals surface area contributed by atoms with Crippen molar-refractivity contribution in [3.8, 4) is 0 Å². The van der Waals surface area contributed by atoms with E-state index in [1.807, 2.05) is 47.0 Å². The molecule has 2 atom stereocenters. The molecule has 0 radical (unpaired) electrons. The fraction of sp³-hybridized carbons (Fsp3) is 0.500. The summed E-state index contributed by atoms with van der Waals surface area (Å²) in [4.78, 5) is 5.84. The maximum atomic E-state index is 3.91. The Morgan fingerprint density at radius 1 is 0.690 bits per heavy atom. The van der Waals surface area contributed by atoms with Crippen LogP contribution in [0.2, 0.25) is 0 Å². The third-order valence-electron chi connectivity index (χ3n) is 4.63. The van der Waals surface area contributed by atoms with Gasteiger partial charge in [-0.1, -0.05) is 53.7 Å². The minimum Gasteiger partial charge on any atom is -0.285 e. The summed E-state index contributed by atoms with van der Waals surface area (Å²) in [5.41, 5.74) is 5.63. The monoisotopic (exact) mass is 461 g/mol. The Morgan fingerprint density at radius 2 is 1.07 bits per heavy atom. The lowest BCUT2D eigenvalue weighted by atomic mass is 10.1. The van der Waals surface area contributed by atoms with E-state index < -0.39 is 0 Å². The third-order valence-corrected chi connectivity index (χ3v) is 9.83. The molecule has 0 aromatic heterocycles. The highest BCUT2D eigenvalue weighted by Gasteiger charge is 2.38. The van der Waals surface area contributed by atoms with Gasteiger partial charge in [0.25, 0.3) is 0 Å². The van der Waals surface area contributed by atoms with Crippen LogP contribution in [0, 0.1) is 13.8 Å². The van der Waals surface area contributed by atoms with Gasteiger partial charge in [0.15, 0.2) is 0 Å². The van der Waals surface area contributed by atoms with Crippen molar-refractivity contribution < 1.29 is 0 Å². The van der Waals surface area contributed by atoms with Crippen LogP contribution in [-0.4, -0.2) is 9.49 Å². The molecule has 1 nitrogen and oxygen atoms in total. The summed E-state index contributed by atoms with van der Waals surface area (Å²) in [7, 11) is 0. The van der Waals surface area contributed by atoms with E-state index in [2.05, 4.69) is 85.0 Å². The largest absolute Gasteiger partial charge is 0.285 e. The van der Waals surface area contributed by atoms with Crippen molar-refractivity contribution in [2.75, 3.05) is 0 Å². The first-order valence-corrected chi connectivity index (χ1v) is 13.6. The number of hydrogen-bond acceptors (Lipinski definition) is 5. The average Bonchev–Trinajstić information content (AvgIpc) is 2.54. The third kappa shape index (κ3) is 4.85. The van der Waals surface area contributed by atoms with Crippen LogP contribution in [0.3, 0.4) is 0 Å². The molecule has 1 N–H and O–H groups in total. The van der Waals surface area contributed by atoms with E-state index in [0.29, 0.717) is 10.7 Å². The predicted molar refractivity (Wildman–Crippen MR) is 134 cm³/mol. The van der Waals surface area contributed by atoms with Gasteiger partial charge >= 0.3 is 0 Å². The van der Waals surface area contributed by atoms with Crippen molar-refractivity contribution in [2.45, 2.75) is 95.2 Å². The molecule has 2 bridgehead atoms. The topological polar surface area (TPSA) is 12.0 Å². The lowest BCUT2D eigenvalue weighted by molar-refractivity contribution is 0.610. The minimum absolute atomic E-state index is 0.209. The molecule has 2 heterocycles. The minimum atomic E-state index is 0.209. The van der Waals surface area contributed by atoms with Crippen LogP contribution in [0.15, 0.2) is 43.8 Å². The Bertz CT molecular complexity index is 875. The molecule has 0 fully saturated rings. The van der Waals surface area contributed by atoms with Gasteiger partial charge < -0.3 is 0 Å². The number of fused-ring (bicyclic) bond motifs is 6. The van der Waals surface area contributed by atoms with Gasteiger partial charge in [-0.2, -0.15) is 0 Å². The zero-order valence-corrected chi connectivity index (χ0v) is 21.9. The summed E-state index contributed by atoms with van der Waals surface area (Å²) in [5, 5.41) is 4.56. The van der Waals surface area contributed by atoms with Crippen molar-refractivity contribution in [3.05, 3.63) is 46.5 Å². The van der Waals surface area contributed by atoms with Crippen LogP contribution in [0.4, 0.5) is 0 Å². The first-order valence-electron chi connectivity index (χ1n) is 10.2. The Kier molecular flexibility index (Phi) is 5.87. The highest BCUT2D eigenvalue weighted by atomic mass is 32.2. The lowest BCUT2D eigenvalue weighted by Crippen LogP contribution is -2.31. The van der Waals surface area contributed by atoms with Gasteiger partial charge in [0.1, 0.15) is 0 Å². The molecule has 0 saturated carbocycles. The van der Waals surface area contributed by atoms with E-state index >= 15 is 0 Å². The maximum absolute atomic E-state index is 3.91. The first-order chi connectivity index (χ1) is 13.4. The van der Waals surface area contributed by atoms with Crippen molar-refractivity contribution >= 4 is 47.0 Å². The number of benzene rings is 2. The zero-order chi connectivity index (χ0) is 21.1. The highest BCUT2D eigenvalue weighted by molar-refractivity contribution is 8.04. The van der Waals surface area contributed by atoms with Crippen LogP contribution in [0.25, 0.3) is 0 Å². The van der Waals surface area contributed by atoms with Gasteiger partial charge in [-0.25, -0.2) is 0 Å². The highest BCUT2D eigenvalue weighted by Crippen LogP contribution is 2.59. The van der Waals surface area contributed by atoms with Gasteiger partial charge in [-0.3, -0.25) is 5.32 Å². The number of thioether (sulfide) groups is 4. The molecule has 0 aliphatic carbocycles. The summed E-state index contributed by atoms with van der Waals surface area (Å²) >= 11 is 8.03. The van der Waals surface area contributed by atoms with Crippen LogP contribution in [-0.2, 0) is 0 Å². The second kappa shape index (κ2) is 7.74. The number of rotatable bonds is 2. The SMILES string of the molecule is Cc1cc(SC(C)(C)C)c2c(c1)[C@@H]1N[C@H](S2)c2cc(C)cc(SC(C)(C)C)c2S1. The van der Waals surface area contributed by atoms with Gasteiger partial charge in [0.2, 0.25) is 0 Å².